The van der Waals surface area contributed by atoms with Crippen molar-refractivity contribution in [3.8, 4) is 0 Å². The second kappa shape index (κ2) is 1.92. The highest BCUT2D eigenvalue weighted by Gasteiger charge is 1.81. The molecule has 0 bridgehead atoms. The van der Waals surface area contributed by atoms with Crippen molar-refractivity contribution in [2.45, 2.75) is 0 Å². The predicted molar refractivity (Wildman–Crippen MR) is 25.8 cm³/mol. The molecule has 0 aromatic carbocycles. The van der Waals surface area contributed by atoms with Crippen molar-refractivity contribution in [1.29, 1.82) is 0 Å². The van der Waals surface area contributed by atoms with Gasteiger partial charge in [-0.2, -0.15) is 0 Å². The first-order valence-electron chi connectivity index (χ1n) is 1.54. The van der Waals surface area contributed by atoms with Crippen LogP contribution in [0.25, 0.3) is 0 Å². The maximum absolute atomic E-state index is 3.52. The monoisotopic (exact) mass is 101 g/mol. The maximum Gasteiger partial charge on any atom is 0.0546 e. The Hall–Kier alpha value is -0.380. The fourth-order valence-corrected chi connectivity index (χ4v) is 0.477. The van der Waals surface area contributed by atoms with Gasteiger partial charge in [-0.15, -0.1) is 5.10 Å². The van der Waals surface area contributed by atoms with E-state index in [0.717, 1.165) is 5.75 Å². The number of hydrogen-bond acceptors (Lipinski definition) is 4. The first-order valence-corrected chi connectivity index (χ1v) is 2.48. The Morgan fingerprint density at radius 2 is 2.67 bits per heavy atom. The topological polar surface area (TPSA) is 37.1 Å². The minimum atomic E-state index is 0.865. The van der Waals surface area contributed by atoms with Gasteiger partial charge < -0.3 is 0 Å². The van der Waals surface area contributed by atoms with Gasteiger partial charge in [0.05, 0.1) is 5.75 Å². The highest BCUT2D eigenvalue weighted by Crippen LogP contribution is 2.03. The van der Waals surface area contributed by atoms with E-state index in [1.807, 2.05) is 0 Å². The van der Waals surface area contributed by atoms with Crippen molar-refractivity contribution >= 4 is 18.2 Å². The zero-order chi connectivity index (χ0) is 4.24. The van der Waals surface area contributed by atoms with Gasteiger partial charge in [-0.3, -0.25) is 0 Å². The summed E-state index contributed by atoms with van der Waals surface area (Å²) in [6, 6.07) is 0. The lowest BCUT2D eigenvalue weighted by Gasteiger charge is -1.84. The van der Waals surface area contributed by atoms with E-state index in [4.69, 9.17) is 0 Å². The third kappa shape index (κ3) is 0.787. The molecule has 6 heavy (non-hydrogen) atoms. The molecule has 0 N–H and O–H groups in total. The quantitative estimate of drug-likeness (QED) is 0.421. The Kier molecular flexibility index (Phi) is 1.21. The summed E-state index contributed by atoms with van der Waals surface area (Å²) in [4.78, 5) is 0. The van der Waals surface area contributed by atoms with Crippen LogP contribution in [0.4, 0.5) is 0 Å². The molecule has 0 spiro atoms. The molecule has 0 saturated heterocycles. The molecule has 0 unspecified atom stereocenters. The van der Waals surface area contributed by atoms with Gasteiger partial charge in [0.2, 0.25) is 0 Å². The predicted octanol–water partition coefficient (Wildman–Crippen LogP) is 1.09. The lowest BCUT2D eigenvalue weighted by atomic mass is 10.9. The minimum absolute atomic E-state index is 0.865. The minimum Gasteiger partial charge on any atom is -0.142 e. The fraction of sp³-hybridized carbons (Fsp3) is 0.500. The van der Waals surface area contributed by atoms with Crippen molar-refractivity contribution in [2.24, 2.45) is 14.8 Å². The van der Waals surface area contributed by atoms with Crippen LogP contribution in [0.2, 0.25) is 0 Å². The molecule has 1 aliphatic rings. The molecule has 0 aromatic rings. The summed E-state index contributed by atoms with van der Waals surface area (Å²) in [5.41, 5.74) is 0. The summed E-state index contributed by atoms with van der Waals surface area (Å²) in [5.74, 6) is 0.865. The summed E-state index contributed by atoms with van der Waals surface area (Å²) in [6.45, 7) is 0. The lowest BCUT2D eigenvalue weighted by molar-refractivity contribution is 1.11. The van der Waals surface area contributed by atoms with Gasteiger partial charge in [0.15, 0.2) is 0 Å². The van der Waals surface area contributed by atoms with Gasteiger partial charge in [0.25, 0.3) is 0 Å². The van der Waals surface area contributed by atoms with Crippen molar-refractivity contribution in [3.05, 3.63) is 0 Å². The van der Waals surface area contributed by atoms with Crippen LogP contribution in [-0.2, 0) is 0 Å². The van der Waals surface area contributed by atoms with Crippen LogP contribution in [0.5, 0.6) is 0 Å². The molecule has 0 aliphatic carbocycles. The van der Waals surface area contributed by atoms with Crippen LogP contribution in [-0.4, -0.2) is 12.0 Å². The molecular weight excluding hydrogens is 98.1 g/mol. The van der Waals surface area contributed by atoms with E-state index in [2.05, 4.69) is 14.8 Å². The standard InChI is InChI=1S/C2H3N3S/c1-2-6-5-4-3-1/h1H,2H2. The smallest absolute Gasteiger partial charge is 0.0546 e. The first kappa shape index (κ1) is 3.80. The average Bonchev–Trinajstić information content (AvgIpc) is 1.72. The number of nitrogens with zero attached hydrogens (tertiary/aromatic N) is 3. The summed E-state index contributed by atoms with van der Waals surface area (Å²) in [6.07, 6.45) is 1.72. The third-order valence-corrected chi connectivity index (χ3v) is 0.863. The van der Waals surface area contributed by atoms with Crippen LogP contribution in [0.1, 0.15) is 0 Å². The van der Waals surface area contributed by atoms with Crippen molar-refractivity contribution in [2.75, 3.05) is 5.75 Å². The normalized spacial score (nSPS) is 18.7. The zero-order valence-electron chi connectivity index (χ0n) is 3.03. The molecule has 0 atom stereocenters. The Morgan fingerprint density at radius 1 is 1.67 bits per heavy atom. The van der Waals surface area contributed by atoms with Crippen molar-refractivity contribution in [3.63, 3.8) is 0 Å². The van der Waals surface area contributed by atoms with E-state index in [9.17, 15) is 0 Å². The van der Waals surface area contributed by atoms with Gasteiger partial charge in [-0.25, -0.2) is 0 Å². The van der Waals surface area contributed by atoms with E-state index < -0.39 is 0 Å². The molecular formula is C2H3N3S. The maximum atomic E-state index is 3.52. The second-order valence-electron chi connectivity index (χ2n) is 0.765. The lowest BCUT2D eigenvalue weighted by Crippen LogP contribution is -1.77. The number of rotatable bonds is 0. The summed E-state index contributed by atoms with van der Waals surface area (Å²) in [7, 11) is 0. The molecule has 3 nitrogen and oxygen atoms in total. The molecule has 1 rings (SSSR count). The fourth-order valence-electron chi connectivity index (χ4n) is 0.183. The largest absolute Gasteiger partial charge is 0.142 e. The van der Waals surface area contributed by atoms with E-state index in [-0.39, 0.29) is 0 Å². The van der Waals surface area contributed by atoms with Crippen molar-refractivity contribution in [1.82, 2.24) is 0 Å². The third-order valence-electron chi connectivity index (χ3n) is 0.377. The Bertz CT molecular complexity index is 74.8. The SMILES string of the molecule is C1=NN=NSC1. The zero-order valence-corrected chi connectivity index (χ0v) is 3.85. The Labute approximate surface area is 39.7 Å². The molecule has 4 heteroatoms. The van der Waals surface area contributed by atoms with E-state index in [0.29, 0.717) is 0 Å². The molecule has 0 saturated carbocycles. The summed E-state index contributed by atoms with van der Waals surface area (Å²) < 4.78 is 3.52. The second-order valence-corrected chi connectivity index (χ2v) is 1.52. The van der Waals surface area contributed by atoms with Crippen LogP contribution in [0, 0.1) is 0 Å². The highest BCUT2D eigenvalue weighted by molar-refractivity contribution is 7.98. The molecule has 32 valence electrons. The molecule has 0 fully saturated rings. The van der Waals surface area contributed by atoms with E-state index >= 15 is 0 Å². The molecule has 1 aliphatic heterocycles. The average molecular weight is 101 g/mol. The van der Waals surface area contributed by atoms with Crippen LogP contribution < -0.4 is 0 Å². The molecule has 0 amide bonds. The van der Waals surface area contributed by atoms with Crippen LogP contribution in [0.15, 0.2) is 14.8 Å². The van der Waals surface area contributed by atoms with Crippen molar-refractivity contribution < 1.29 is 0 Å². The molecule has 0 radical (unpaired) electrons. The van der Waals surface area contributed by atoms with Crippen LogP contribution in [0.3, 0.4) is 0 Å². The summed E-state index contributed by atoms with van der Waals surface area (Å²) >= 11 is 1.40. The molecule has 1 heterocycles. The Morgan fingerprint density at radius 3 is 2.83 bits per heavy atom. The molecule has 0 aromatic heterocycles. The van der Waals surface area contributed by atoms with E-state index in [1.54, 1.807) is 6.21 Å². The first-order chi connectivity index (χ1) is 3.00. The van der Waals surface area contributed by atoms with Gasteiger partial charge in [0, 0.05) is 18.2 Å². The van der Waals surface area contributed by atoms with Gasteiger partial charge in [-0.05, 0) is 5.22 Å². The highest BCUT2D eigenvalue weighted by atomic mass is 32.2. The van der Waals surface area contributed by atoms with Gasteiger partial charge in [-0.1, -0.05) is 4.52 Å². The number of hydrogen-bond donors (Lipinski definition) is 0. The van der Waals surface area contributed by atoms with Gasteiger partial charge >= 0.3 is 0 Å². The Balaban J connectivity index is 2.46. The summed E-state index contributed by atoms with van der Waals surface area (Å²) in [5, 5.41) is 6.82. The van der Waals surface area contributed by atoms with Crippen LogP contribution >= 0.6 is 11.9 Å². The van der Waals surface area contributed by atoms with Gasteiger partial charge in [0.1, 0.15) is 0 Å². The van der Waals surface area contributed by atoms with E-state index in [1.165, 1.54) is 11.9 Å².